The highest BCUT2D eigenvalue weighted by Gasteiger charge is 2.19. The van der Waals surface area contributed by atoms with Crippen LogP contribution in [0, 0.1) is 0 Å². The number of hydrogen-bond acceptors (Lipinski definition) is 3. The van der Waals surface area contributed by atoms with Crippen LogP contribution in [0.15, 0.2) is 30.3 Å². The van der Waals surface area contributed by atoms with Crippen LogP contribution in [-0.4, -0.2) is 20.1 Å². The maximum atomic E-state index is 11.0. The van der Waals surface area contributed by atoms with Crippen LogP contribution < -0.4 is 0 Å². The van der Waals surface area contributed by atoms with Crippen molar-refractivity contribution in [2.24, 2.45) is 0 Å². The lowest BCUT2D eigenvalue weighted by atomic mass is 9.90. The maximum absolute atomic E-state index is 11.0. The summed E-state index contributed by atoms with van der Waals surface area (Å²) >= 11 is 0. The molecule has 0 radical (unpaired) electrons. The van der Waals surface area contributed by atoms with Crippen molar-refractivity contribution < 1.29 is 5.11 Å². The summed E-state index contributed by atoms with van der Waals surface area (Å²) in [6.07, 6.45) is 5.45. The minimum atomic E-state index is 0.286. The summed E-state index contributed by atoms with van der Waals surface area (Å²) in [6.45, 7) is 10.9. The summed E-state index contributed by atoms with van der Waals surface area (Å²) in [5.41, 5.74) is 5.93. The van der Waals surface area contributed by atoms with Crippen molar-refractivity contribution in [3.05, 3.63) is 47.0 Å². The first kappa shape index (κ1) is 20.4. The standard InChI is InChI=1S/C24H33N3O/c1-6-9-10-18-11-12-21-22(13-18)26-27(25-21)23-15-19(16(4)7-2)14-20(24(23)28)17(5)8-3/h11-17,28H,6-10H2,1-5H3. The van der Waals surface area contributed by atoms with E-state index in [1.54, 1.807) is 4.80 Å². The summed E-state index contributed by atoms with van der Waals surface area (Å²) in [4.78, 5) is 1.61. The van der Waals surface area contributed by atoms with Gasteiger partial charge >= 0.3 is 0 Å². The Kier molecular flexibility index (Phi) is 6.38. The number of aromatic hydroxyl groups is 1. The molecule has 28 heavy (non-hydrogen) atoms. The van der Waals surface area contributed by atoms with Crippen molar-refractivity contribution in [1.29, 1.82) is 0 Å². The van der Waals surface area contributed by atoms with E-state index < -0.39 is 0 Å². The van der Waals surface area contributed by atoms with Crippen LogP contribution in [0.25, 0.3) is 16.7 Å². The number of fused-ring (bicyclic) bond motifs is 1. The minimum absolute atomic E-state index is 0.286. The predicted molar refractivity (Wildman–Crippen MR) is 117 cm³/mol. The molecule has 0 aliphatic rings. The minimum Gasteiger partial charge on any atom is -0.505 e. The second kappa shape index (κ2) is 8.76. The Bertz CT molecular complexity index is 944. The molecule has 0 spiro atoms. The molecule has 1 N–H and O–H groups in total. The summed E-state index contributed by atoms with van der Waals surface area (Å²) in [6, 6.07) is 10.5. The number of unbranched alkanes of at least 4 members (excludes halogenated alkanes) is 1. The first-order chi connectivity index (χ1) is 13.5. The van der Waals surface area contributed by atoms with E-state index in [2.05, 4.69) is 57.9 Å². The van der Waals surface area contributed by atoms with E-state index in [0.717, 1.165) is 35.9 Å². The number of rotatable bonds is 8. The molecule has 4 heteroatoms. The fourth-order valence-electron chi connectivity index (χ4n) is 3.54. The Morgan fingerprint density at radius 1 is 0.929 bits per heavy atom. The third-order valence-corrected chi connectivity index (χ3v) is 5.95. The molecule has 3 aromatic rings. The lowest BCUT2D eigenvalue weighted by Crippen LogP contribution is -2.05. The summed E-state index contributed by atoms with van der Waals surface area (Å²) in [7, 11) is 0. The Labute approximate surface area is 168 Å². The lowest BCUT2D eigenvalue weighted by molar-refractivity contribution is 0.454. The van der Waals surface area contributed by atoms with Crippen LogP contribution in [0.2, 0.25) is 0 Å². The smallest absolute Gasteiger partial charge is 0.146 e. The average molecular weight is 380 g/mol. The molecule has 2 unspecified atom stereocenters. The highest BCUT2D eigenvalue weighted by atomic mass is 16.3. The Hall–Kier alpha value is -2.36. The molecule has 0 bridgehead atoms. The first-order valence-corrected chi connectivity index (χ1v) is 10.7. The normalized spacial score (nSPS) is 13.8. The molecule has 0 aliphatic carbocycles. The van der Waals surface area contributed by atoms with Crippen LogP contribution in [0.1, 0.15) is 88.8 Å². The van der Waals surface area contributed by atoms with Gasteiger partial charge < -0.3 is 5.11 Å². The van der Waals surface area contributed by atoms with Gasteiger partial charge in [0.25, 0.3) is 0 Å². The topological polar surface area (TPSA) is 50.9 Å². The zero-order valence-electron chi connectivity index (χ0n) is 17.9. The number of nitrogens with zero attached hydrogens (tertiary/aromatic N) is 3. The summed E-state index contributed by atoms with van der Waals surface area (Å²) in [5, 5.41) is 20.4. The molecule has 0 saturated heterocycles. The Morgan fingerprint density at radius 3 is 2.32 bits per heavy atom. The molecule has 1 aromatic heterocycles. The van der Waals surface area contributed by atoms with Crippen LogP contribution in [0.3, 0.4) is 0 Å². The SMILES string of the molecule is CCCCc1ccc2nn(-c3cc(C(C)CC)cc(C(C)CC)c3O)nc2c1. The molecule has 0 aliphatic heterocycles. The first-order valence-electron chi connectivity index (χ1n) is 10.7. The van der Waals surface area contributed by atoms with E-state index in [9.17, 15) is 5.11 Å². The van der Waals surface area contributed by atoms with E-state index in [1.807, 2.05) is 12.1 Å². The van der Waals surface area contributed by atoms with Crippen molar-refractivity contribution in [1.82, 2.24) is 15.0 Å². The van der Waals surface area contributed by atoms with Gasteiger partial charge in [-0.05, 0) is 72.4 Å². The second-order valence-corrected chi connectivity index (χ2v) is 8.01. The molecule has 0 fully saturated rings. The van der Waals surface area contributed by atoms with E-state index in [1.165, 1.54) is 24.0 Å². The average Bonchev–Trinajstić information content (AvgIpc) is 3.14. The number of phenolic OH excluding ortho intramolecular Hbond substituents is 1. The van der Waals surface area contributed by atoms with Crippen molar-refractivity contribution in [2.45, 2.75) is 78.6 Å². The molecule has 0 saturated carbocycles. The number of hydrogen-bond donors (Lipinski definition) is 1. The van der Waals surface area contributed by atoms with E-state index in [-0.39, 0.29) is 5.92 Å². The second-order valence-electron chi connectivity index (χ2n) is 8.01. The van der Waals surface area contributed by atoms with Gasteiger partial charge in [-0.15, -0.1) is 15.0 Å². The van der Waals surface area contributed by atoms with Gasteiger partial charge in [-0.2, -0.15) is 0 Å². The van der Waals surface area contributed by atoms with Crippen molar-refractivity contribution in [3.8, 4) is 11.4 Å². The monoisotopic (exact) mass is 379 g/mol. The molecule has 150 valence electrons. The Morgan fingerprint density at radius 2 is 1.64 bits per heavy atom. The zero-order valence-corrected chi connectivity index (χ0v) is 17.9. The van der Waals surface area contributed by atoms with Crippen LogP contribution in [-0.2, 0) is 6.42 Å². The van der Waals surface area contributed by atoms with Gasteiger partial charge in [-0.1, -0.05) is 53.2 Å². The fraction of sp³-hybridized carbons (Fsp3) is 0.500. The molecular formula is C24H33N3O. The lowest BCUT2D eigenvalue weighted by Gasteiger charge is -2.18. The summed E-state index contributed by atoms with van der Waals surface area (Å²) < 4.78 is 0. The molecule has 2 atom stereocenters. The largest absolute Gasteiger partial charge is 0.505 e. The van der Waals surface area contributed by atoms with E-state index in [0.29, 0.717) is 17.4 Å². The van der Waals surface area contributed by atoms with Gasteiger partial charge in [0.15, 0.2) is 0 Å². The van der Waals surface area contributed by atoms with Crippen LogP contribution >= 0.6 is 0 Å². The van der Waals surface area contributed by atoms with Crippen molar-refractivity contribution >= 4 is 11.0 Å². The molecule has 0 amide bonds. The van der Waals surface area contributed by atoms with E-state index in [4.69, 9.17) is 5.10 Å². The molecule has 3 rings (SSSR count). The third kappa shape index (κ3) is 4.06. The molecule has 4 nitrogen and oxygen atoms in total. The molecule has 2 aromatic carbocycles. The fourth-order valence-corrected chi connectivity index (χ4v) is 3.54. The van der Waals surface area contributed by atoms with Crippen molar-refractivity contribution in [3.63, 3.8) is 0 Å². The van der Waals surface area contributed by atoms with Gasteiger partial charge in [-0.25, -0.2) is 0 Å². The third-order valence-electron chi connectivity index (χ3n) is 5.95. The van der Waals surface area contributed by atoms with Crippen molar-refractivity contribution in [2.75, 3.05) is 0 Å². The summed E-state index contributed by atoms with van der Waals surface area (Å²) in [5.74, 6) is 1.01. The van der Waals surface area contributed by atoms with Crippen LogP contribution in [0.5, 0.6) is 5.75 Å². The van der Waals surface area contributed by atoms with Gasteiger partial charge in [-0.3, -0.25) is 0 Å². The van der Waals surface area contributed by atoms with Gasteiger partial charge in [0.1, 0.15) is 22.5 Å². The number of benzene rings is 2. The quantitative estimate of drug-likeness (QED) is 0.486. The maximum Gasteiger partial charge on any atom is 0.146 e. The van der Waals surface area contributed by atoms with Crippen LogP contribution in [0.4, 0.5) is 0 Å². The van der Waals surface area contributed by atoms with Gasteiger partial charge in [0.05, 0.1) is 0 Å². The number of phenols is 1. The molecule has 1 heterocycles. The van der Waals surface area contributed by atoms with Gasteiger partial charge in [0.2, 0.25) is 0 Å². The Balaban J connectivity index is 2.10. The number of aromatic nitrogens is 3. The van der Waals surface area contributed by atoms with Gasteiger partial charge in [0, 0.05) is 0 Å². The van der Waals surface area contributed by atoms with E-state index >= 15 is 0 Å². The highest BCUT2D eigenvalue weighted by molar-refractivity contribution is 5.75. The molecular weight excluding hydrogens is 346 g/mol. The predicted octanol–water partition coefficient (Wildman–Crippen LogP) is 6.50. The number of aryl methyl sites for hydroxylation is 1. The highest BCUT2D eigenvalue weighted by Crippen LogP contribution is 2.37. The zero-order chi connectivity index (χ0) is 20.3.